The highest BCUT2D eigenvalue weighted by Crippen LogP contribution is 2.27. The maximum Gasteiger partial charge on any atom is 0.317 e. The maximum atomic E-state index is 10.8. The summed E-state index contributed by atoms with van der Waals surface area (Å²) in [5.74, 6) is -0.722. The third-order valence-electron chi connectivity index (χ3n) is 4.65. The molecule has 1 aromatic carbocycles. The molecule has 1 aliphatic heterocycles. The number of hydrogen-bond acceptors (Lipinski definition) is 3. The molecule has 5 heteroatoms. The van der Waals surface area contributed by atoms with Crippen LogP contribution >= 0.6 is 15.9 Å². The first-order valence-corrected chi connectivity index (χ1v) is 8.36. The van der Waals surface area contributed by atoms with Crippen molar-refractivity contribution in [2.24, 2.45) is 0 Å². The van der Waals surface area contributed by atoms with Gasteiger partial charge in [0.25, 0.3) is 0 Å². The normalized spacial score (nSPS) is 23.8. The number of nitrogens with zero attached hydrogens (tertiary/aromatic N) is 2. The summed E-state index contributed by atoms with van der Waals surface area (Å²) in [5, 5.41) is 8.85. The summed E-state index contributed by atoms with van der Waals surface area (Å²) in [6, 6.07) is 7.24. The topological polar surface area (TPSA) is 43.8 Å². The van der Waals surface area contributed by atoms with E-state index in [9.17, 15) is 4.79 Å². The Morgan fingerprint density at radius 1 is 1.24 bits per heavy atom. The molecule has 2 aliphatic rings. The highest BCUT2D eigenvalue weighted by atomic mass is 79.9. The second-order valence-corrected chi connectivity index (χ2v) is 6.93. The molecule has 1 atom stereocenters. The number of carboxylic acids is 1. The second kappa shape index (κ2) is 6.46. The molecule has 1 aromatic rings. The first-order valence-electron chi connectivity index (χ1n) is 7.57. The van der Waals surface area contributed by atoms with Gasteiger partial charge < -0.3 is 5.11 Å². The van der Waals surface area contributed by atoms with Crippen LogP contribution in [0.3, 0.4) is 0 Å². The standard InChI is InChI=1S/C16H21BrN2O2/c17-14-3-1-13-10-15(4-2-12(13)9-14)19-7-5-18(6-8-19)11-16(20)21/h1,3,9,15H,2,4-8,10-11H2,(H,20,21). The Bertz CT molecular complexity index is 527. The van der Waals surface area contributed by atoms with Gasteiger partial charge in [-0.15, -0.1) is 0 Å². The number of carbonyl (C=O) groups is 1. The Morgan fingerprint density at radius 3 is 2.71 bits per heavy atom. The second-order valence-electron chi connectivity index (χ2n) is 6.02. The lowest BCUT2D eigenvalue weighted by Gasteiger charge is -2.40. The zero-order chi connectivity index (χ0) is 14.8. The predicted octanol–water partition coefficient (Wildman–Crippen LogP) is 2.01. The van der Waals surface area contributed by atoms with Gasteiger partial charge in [0.15, 0.2) is 0 Å². The smallest absolute Gasteiger partial charge is 0.317 e. The molecule has 1 heterocycles. The minimum Gasteiger partial charge on any atom is -0.480 e. The van der Waals surface area contributed by atoms with Gasteiger partial charge in [0.1, 0.15) is 0 Å². The van der Waals surface area contributed by atoms with Crippen LogP contribution in [0, 0.1) is 0 Å². The lowest BCUT2D eigenvalue weighted by Crippen LogP contribution is -2.52. The van der Waals surface area contributed by atoms with Crippen molar-refractivity contribution in [1.82, 2.24) is 9.80 Å². The summed E-state index contributed by atoms with van der Waals surface area (Å²) in [5.41, 5.74) is 2.95. The van der Waals surface area contributed by atoms with Crippen molar-refractivity contribution in [1.29, 1.82) is 0 Å². The molecule has 1 saturated heterocycles. The zero-order valence-corrected chi connectivity index (χ0v) is 13.7. The molecule has 1 fully saturated rings. The van der Waals surface area contributed by atoms with Crippen LogP contribution in [0.4, 0.5) is 0 Å². The maximum absolute atomic E-state index is 10.8. The van der Waals surface area contributed by atoms with E-state index in [0.29, 0.717) is 6.04 Å². The van der Waals surface area contributed by atoms with Crippen molar-refractivity contribution in [3.8, 4) is 0 Å². The molecular formula is C16H21BrN2O2. The number of halogens is 1. The Balaban J connectivity index is 1.58. The van der Waals surface area contributed by atoms with Crippen LogP contribution in [0.5, 0.6) is 0 Å². The zero-order valence-electron chi connectivity index (χ0n) is 12.1. The average molecular weight is 353 g/mol. The number of hydrogen-bond donors (Lipinski definition) is 1. The van der Waals surface area contributed by atoms with Crippen LogP contribution in [-0.4, -0.2) is 59.6 Å². The van der Waals surface area contributed by atoms with Crippen molar-refractivity contribution in [3.63, 3.8) is 0 Å². The third-order valence-corrected chi connectivity index (χ3v) is 5.15. The molecule has 1 N–H and O–H groups in total. The summed E-state index contributed by atoms with van der Waals surface area (Å²) in [6.45, 7) is 3.90. The Labute approximate surface area is 133 Å². The number of benzene rings is 1. The highest BCUT2D eigenvalue weighted by molar-refractivity contribution is 9.10. The molecule has 3 rings (SSSR count). The predicted molar refractivity (Wildman–Crippen MR) is 85.6 cm³/mol. The Morgan fingerprint density at radius 2 is 2.00 bits per heavy atom. The van der Waals surface area contributed by atoms with E-state index in [4.69, 9.17) is 5.11 Å². The lowest BCUT2D eigenvalue weighted by molar-refractivity contribution is -0.138. The van der Waals surface area contributed by atoms with Crippen LogP contribution < -0.4 is 0 Å². The molecule has 0 spiro atoms. The van der Waals surface area contributed by atoms with Crippen LogP contribution in [0.2, 0.25) is 0 Å². The molecular weight excluding hydrogens is 332 g/mol. The van der Waals surface area contributed by atoms with Gasteiger partial charge in [-0.1, -0.05) is 22.0 Å². The fourth-order valence-electron chi connectivity index (χ4n) is 3.49. The summed E-state index contributed by atoms with van der Waals surface area (Å²) in [6.07, 6.45) is 3.48. The molecule has 1 aliphatic carbocycles. The first-order chi connectivity index (χ1) is 10.1. The number of piperazine rings is 1. The third kappa shape index (κ3) is 3.65. The van der Waals surface area contributed by atoms with Gasteiger partial charge >= 0.3 is 5.97 Å². The minimum atomic E-state index is -0.722. The number of aryl methyl sites for hydroxylation is 1. The summed E-state index contributed by atoms with van der Waals surface area (Å²) in [7, 11) is 0. The molecule has 114 valence electrons. The Kier molecular flexibility index (Phi) is 4.62. The molecule has 4 nitrogen and oxygen atoms in total. The van der Waals surface area contributed by atoms with E-state index >= 15 is 0 Å². The van der Waals surface area contributed by atoms with Gasteiger partial charge in [-0.25, -0.2) is 0 Å². The number of fused-ring (bicyclic) bond motifs is 1. The van der Waals surface area contributed by atoms with Gasteiger partial charge in [0, 0.05) is 36.7 Å². The molecule has 0 saturated carbocycles. The minimum absolute atomic E-state index is 0.176. The molecule has 0 aromatic heterocycles. The summed E-state index contributed by atoms with van der Waals surface area (Å²) >= 11 is 3.54. The number of carboxylic acid groups (broad SMARTS) is 1. The summed E-state index contributed by atoms with van der Waals surface area (Å²) in [4.78, 5) is 15.3. The number of aliphatic carboxylic acids is 1. The first kappa shape index (κ1) is 15.0. The Hall–Kier alpha value is -0.910. The number of rotatable bonds is 3. The molecule has 0 radical (unpaired) electrons. The van der Waals surface area contributed by atoms with Crippen molar-refractivity contribution < 1.29 is 9.90 Å². The molecule has 0 bridgehead atoms. The van der Waals surface area contributed by atoms with Crippen LogP contribution in [0.25, 0.3) is 0 Å². The fraction of sp³-hybridized carbons (Fsp3) is 0.562. The van der Waals surface area contributed by atoms with E-state index in [-0.39, 0.29) is 6.54 Å². The monoisotopic (exact) mass is 352 g/mol. The van der Waals surface area contributed by atoms with Crippen molar-refractivity contribution in [3.05, 3.63) is 33.8 Å². The quantitative estimate of drug-likeness (QED) is 0.903. The van der Waals surface area contributed by atoms with Gasteiger partial charge in [-0.2, -0.15) is 0 Å². The van der Waals surface area contributed by atoms with E-state index in [0.717, 1.165) is 39.0 Å². The van der Waals surface area contributed by atoms with Gasteiger partial charge in [-0.05, 0) is 42.5 Å². The van der Waals surface area contributed by atoms with Crippen LogP contribution in [0.1, 0.15) is 17.5 Å². The van der Waals surface area contributed by atoms with Gasteiger partial charge in [0.2, 0.25) is 0 Å². The van der Waals surface area contributed by atoms with Crippen molar-refractivity contribution >= 4 is 21.9 Å². The van der Waals surface area contributed by atoms with Gasteiger partial charge in [0.05, 0.1) is 6.54 Å². The SMILES string of the molecule is O=C(O)CN1CCN(C2CCc3cc(Br)ccc3C2)CC1. The van der Waals surface area contributed by atoms with Crippen LogP contribution in [-0.2, 0) is 17.6 Å². The van der Waals surface area contributed by atoms with Crippen molar-refractivity contribution in [2.75, 3.05) is 32.7 Å². The van der Waals surface area contributed by atoms with E-state index in [1.165, 1.54) is 22.0 Å². The van der Waals surface area contributed by atoms with Crippen LogP contribution in [0.15, 0.2) is 22.7 Å². The van der Waals surface area contributed by atoms with E-state index in [1.807, 2.05) is 4.90 Å². The highest BCUT2D eigenvalue weighted by Gasteiger charge is 2.27. The largest absolute Gasteiger partial charge is 0.480 e. The van der Waals surface area contributed by atoms with E-state index in [1.54, 1.807) is 0 Å². The lowest BCUT2D eigenvalue weighted by atomic mass is 9.87. The fourth-order valence-corrected chi connectivity index (χ4v) is 3.90. The van der Waals surface area contributed by atoms with Crippen molar-refractivity contribution in [2.45, 2.75) is 25.3 Å². The molecule has 0 amide bonds. The van der Waals surface area contributed by atoms with E-state index in [2.05, 4.69) is 39.0 Å². The average Bonchev–Trinajstić information content (AvgIpc) is 2.47. The summed E-state index contributed by atoms with van der Waals surface area (Å²) < 4.78 is 1.17. The van der Waals surface area contributed by atoms with Gasteiger partial charge in [-0.3, -0.25) is 14.6 Å². The molecule has 1 unspecified atom stereocenters. The van der Waals surface area contributed by atoms with E-state index < -0.39 is 5.97 Å². The molecule has 21 heavy (non-hydrogen) atoms.